The van der Waals surface area contributed by atoms with E-state index in [2.05, 4.69) is 5.32 Å². The molecule has 0 aliphatic carbocycles. The zero-order valence-corrected chi connectivity index (χ0v) is 11.1. The molecule has 98 valence electrons. The molecule has 0 aliphatic rings. The Bertz CT molecular complexity index is 476. The first-order valence-electron chi connectivity index (χ1n) is 5.48. The highest BCUT2D eigenvalue weighted by atomic mass is 32.1. The van der Waals surface area contributed by atoms with Gasteiger partial charge in [0.15, 0.2) is 0 Å². The van der Waals surface area contributed by atoms with Crippen LogP contribution >= 0.6 is 12.2 Å². The number of primary amides is 1. The lowest BCUT2D eigenvalue weighted by Gasteiger charge is -2.20. The average Bonchev–Trinajstić information content (AvgIpc) is 2.24. The number of rotatable bonds is 5. The largest absolute Gasteiger partial charge is 0.389 e. The summed E-state index contributed by atoms with van der Waals surface area (Å²) in [5.74, 6) is -1.01. The van der Waals surface area contributed by atoms with Gasteiger partial charge in [-0.15, -0.1) is 0 Å². The molecule has 1 unspecified atom stereocenters. The summed E-state index contributed by atoms with van der Waals surface area (Å²) in [7, 11) is 0. The van der Waals surface area contributed by atoms with Crippen LogP contribution in [-0.2, 0) is 4.79 Å². The topological polar surface area (TPSA) is 81.1 Å². The van der Waals surface area contributed by atoms with Crippen molar-refractivity contribution < 1.29 is 9.18 Å². The Morgan fingerprint density at radius 3 is 2.39 bits per heavy atom. The van der Waals surface area contributed by atoms with E-state index in [0.717, 1.165) is 0 Å². The zero-order chi connectivity index (χ0) is 13.9. The number of nitrogens with two attached hydrogens (primary N) is 2. The Morgan fingerprint density at radius 1 is 1.39 bits per heavy atom. The van der Waals surface area contributed by atoms with Crippen LogP contribution in [0.3, 0.4) is 0 Å². The van der Waals surface area contributed by atoms with Gasteiger partial charge < -0.3 is 16.8 Å². The molecule has 0 heterocycles. The fourth-order valence-corrected chi connectivity index (χ4v) is 1.72. The maximum atomic E-state index is 13.6. The van der Waals surface area contributed by atoms with Crippen molar-refractivity contribution in [1.29, 1.82) is 0 Å². The molecule has 0 radical (unpaired) electrons. The highest BCUT2D eigenvalue weighted by Gasteiger charge is 2.19. The third kappa shape index (κ3) is 3.40. The van der Waals surface area contributed by atoms with E-state index >= 15 is 0 Å². The van der Waals surface area contributed by atoms with E-state index in [-0.39, 0.29) is 16.5 Å². The van der Waals surface area contributed by atoms with Crippen LogP contribution < -0.4 is 16.8 Å². The summed E-state index contributed by atoms with van der Waals surface area (Å²) in [6.07, 6.45) is 0. The number of carbonyl (C=O) groups excluding carboxylic acids is 1. The van der Waals surface area contributed by atoms with Crippen LogP contribution in [-0.4, -0.2) is 16.9 Å². The van der Waals surface area contributed by atoms with Gasteiger partial charge in [-0.05, 0) is 24.1 Å². The van der Waals surface area contributed by atoms with E-state index in [1.165, 1.54) is 12.1 Å². The predicted molar refractivity (Wildman–Crippen MR) is 73.7 cm³/mol. The number of carbonyl (C=O) groups is 1. The maximum absolute atomic E-state index is 13.6. The van der Waals surface area contributed by atoms with Crippen molar-refractivity contribution in [3.8, 4) is 0 Å². The molecule has 18 heavy (non-hydrogen) atoms. The van der Waals surface area contributed by atoms with E-state index in [0.29, 0.717) is 5.69 Å². The van der Waals surface area contributed by atoms with Crippen LogP contribution in [0.1, 0.15) is 19.4 Å². The minimum Gasteiger partial charge on any atom is -0.389 e. The summed E-state index contributed by atoms with van der Waals surface area (Å²) in [5, 5.41) is 2.89. The summed E-state index contributed by atoms with van der Waals surface area (Å²) < 4.78 is 13.6. The summed E-state index contributed by atoms with van der Waals surface area (Å²) >= 11 is 4.71. The van der Waals surface area contributed by atoms with Crippen molar-refractivity contribution >= 4 is 28.8 Å². The molecule has 0 fully saturated rings. The zero-order valence-electron chi connectivity index (χ0n) is 10.2. The summed E-state index contributed by atoms with van der Waals surface area (Å²) in [6.45, 7) is 3.70. The SMILES string of the molecule is CC(C)C(Nc1ccc(C(N)=S)c(F)c1)C(N)=O. The van der Waals surface area contributed by atoms with Crippen LogP contribution in [0.2, 0.25) is 0 Å². The molecule has 0 aromatic heterocycles. The van der Waals surface area contributed by atoms with Crippen LogP contribution in [0.4, 0.5) is 10.1 Å². The second kappa shape index (κ2) is 5.77. The van der Waals surface area contributed by atoms with Gasteiger partial charge in [0.1, 0.15) is 16.8 Å². The van der Waals surface area contributed by atoms with E-state index in [1.54, 1.807) is 6.07 Å². The van der Waals surface area contributed by atoms with Gasteiger partial charge in [-0.2, -0.15) is 0 Å². The van der Waals surface area contributed by atoms with Crippen molar-refractivity contribution in [2.45, 2.75) is 19.9 Å². The third-order valence-electron chi connectivity index (χ3n) is 2.53. The smallest absolute Gasteiger partial charge is 0.240 e. The van der Waals surface area contributed by atoms with Gasteiger partial charge in [0.05, 0.1) is 0 Å². The first-order chi connectivity index (χ1) is 8.32. The number of halogens is 1. The van der Waals surface area contributed by atoms with Crippen LogP contribution in [0.5, 0.6) is 0 Å². The van der Waals surface area contributed by atoms with Crippen LogP contribution in [0, 0.1) is 11.7 Å². The number of thiocarbonyl (C=S) groups is 1. The molecule has 6 heteroatoms. The molecule has 0 spiro atoms. The quantitative estimate of drug-likeness (QED) is 0.705. The van der Waals surface area contributed by atoms with Crippen LogP contribution in [0.25, 0.3) is 0 Å². The van der Waals surface area contributed by atoms with Gasteiger partial charge in [-0.3, -0.25) is 4.79 Å². The number of nitrogens with one attached hydrogen (secondary N) is 1. The summed E-state index contributed by atoms with van der Waals surface area (Å²) in [4.78, 5) is 11.2. The van der Waals surface area contributed by atoms with Gasteiger partial charge >= 0.3 is 0 Å². The van der Waals surface area contributed by atoms with E-state index in [4.69, 9.17) is 23.7 Å². The minimum atomic E-state index is -0.555. The van der Waals surface area contributed by atoms with E-state index in [9.17, 15) is 9.18 Å². The standard InChI is InChI=1S/C12H16FN3OS/c1-6(2)10(11(14)17)16-7-3-4-8(12(15)18)9(13)5-7/h3-6,10,16H,1-2H3,(H2,14,17)(H2,15,18). The third-order valence-corrected chi connectivity index (χ3v) is 2.75. The van der Waals surface area contributed by atoms with Gasteiger partial charge in [-0.1, -0.05) is 26.1 Å². The number of hydrogen-bond acceptors (Lipinski definition) is 3. The minimum absolute atomic E-state index is 0.000762. The lowest BCUT2D eigenvalue weighted by Crippen LogP contribution is -2.39. The first-order valence-corrected chi connectivity index (χ1v) is 5.89. The normalized spacial score (nSPS) is 12.2. The maximum Gasteiger partial charge on any atom is 0.240 e. The molecule has 0 saturated heterocycles. The molecule has 0 bridgehead atoms. The van der Waals surface area contributed by atoms with Gasteiger partial charge in [0.2, 0.25) is 5.91 Å². The van der Waals surface area contributed by atoms with Gasteiger partial charge in [0.25, 0.3) is 0 Å². The van der Waals surface area contributed by atoms with Crippen molar-refractivity contribution in [2.24, 2.45) is 17.4 Å². The molecule has 1 aromatic rings. The summed E-state index contributed by atoms with van der Waals surface area (Å²) in [5.41, 5.74) is 11.3. The predicted octanol–water partition coefficient (Wildman–Crippen LogP) is 1.38. The first kappa shape index (κ1) is 14.4. The fourth-order valence-electron chi connectivity index (χ4n) is 1.55. The van der Waals surface area contributed by atoms with Gasteiger partial charge in [0, 0.05) is 11.3 Å². The molecule has 1 aromatic carbocycles. The van der Waals surface area contributed by atoms with Gasteiger partial charge in [-0.25, -0.2) is 4.39 Å². The van der Waals surface area contributed by atoms with Crippen LogP contribution in [0.15, 0.2) is 18.2 Å². The lowest BCUT2D eigenvalue weighted by molar-refractivity contribution is -0.119. The molecule has 5 N–H and O–H groups in total. The Balaban J connectivity index is 2.95. The second-order valence-corrected chi connectivity index (χ2v) is 4.77. The van der Waals surface area contributed by atoms with Crippen molar-refractivity contribution in [3.63, 3.8) is 0 Å². The molecule has 0 aliphatic heterocycles. The fraction of sp³-hybridized carbons (Fsp3) is 0.333. The molecule has 1 atom stereocenters. The number of hydrogen-bond donors (Lipinski definition) is 3. The monoisotopic (exact) mass is 269 g/mol. The Hall–Kier alpha value is -1.69. The molecule has 1 rings (SSSR count). The molecule has 0 saturated carbocycles. The number of benzene rings is 1. The highest BCUT2D eigenvalue weighted by Crippen LogP contribution is 2.17. The molecular weight excluding hydrogens is 253 g/mol. The van der Waals surface area contributed by atoms with Crippen molar-refractivity contribution in [2.75, 3.05) is 5.32 Å². The lowest BCUT2D eigenvalue weighted by atomic mass is 10.0. The molecular formula is C12H16FN3OS. The average molecular weight is 269 g/mol. The number of amides is 1. The Labute approximate surface area is 111 Å². The second-order valence-electron chi connectivity index (χ2n) is 4.33. The van der Waals surface area contributed by atoms with E-state index < -0.39 is 17.8 Å². The highest BCUT2D eigenvalue weighted by molar-refractivity contribution is 7.80. The van der Waals surface area contributed by atoms with Crippen molar-refractivity contribution in [1.82, 2.24) is 0 Å². The Kier molecular flexibility index (Phi) is 4.61. The van der Waals surface area contributed by atoms with Crippen molar-refractivity contribution in [3.05, 3.63) is 29.6 Å². The Morgan fingerprint density at radius 2 is 2.00 bits per heavy atom. The molecule has 4 nitrogen and oxygen atoms in total. The van der Waals surface area contributed by atoms with E-state index in [1.807, 2.05) is 13.8 Å². The molecule has 1 amide bonds. The number of anilines is 1. The summed E-state index contributed by atoms with van der Waals surface area (Å²) in [6, 6.07) is 3.77.